The van der Waals surface area contributed by atoms with Crippen LogP contribution in [0.1, 0.15) is 22.7 Å². The summed E-state index contributed by atoms with van der Waals surface area (Å²) in [6, 6.07) is 4.71. The Morgan fingerprint density at radius 1 is 1.17 bits per heavy atom. The van der Waals surface area contributed by atoms with E-state index in [4.69, 9.17) is 40.1 Å². The van der Waals surface area contributed by atoms with Gasteiger partial charge in [0.15, 0.2) is 0 Å². The Kier molecular flexibility index (Phi) is 5.76. The lowest BCUT2D eigenvalue weighted by Gasteiger charge is -2.35. The molecule has 3 unspecified atom stereocenters. The maximum absolute atomic E-state index is 14.4. The molecule has 2 aromatic rings. The summed E-state index contributed by atoms with van der Waals surface area (Å²) in [6.45, 7) is 0. The minimum absolute atomic E-state index is 0.0612. The van der Waals surface area contributed by atoms with E-state index in [1.54, 1.807) is 6.07 Å². The van der Waals surface area contributed by atoms with Gasteiger partial charge in [-0.3, -0.25) is 9.79 Å². The van der Waals surface area contributed by atoms with Gasteiger partial charge >= 0.3 is 12.1 Å². The Morgan fingerprint density at radius 3 is 2.27 bits per heavy atom. The minimum atomic E-state index is -5.12. The second kappa shape index (κ2) is 7.73. The number of hydrogen-bond donors (Lipinski definition) is 1. The van der Waals surface area contributed by atoms with E-state index < -0.39 is 46.5 Å². The summed E-state index contributed by atoms with van der Waals surface area (Å²) >= 11 is 17.6. The van der Waals surface area contributed by atoms with Crippen LogP contribution < -0.4 is 0 Å². The second-order valence-corrected chi connectivity index (χ2v) is 7.70. The van der Waals surface area contributed by atoms with Gasteiger partial charge in [-0.25, -0.2) is 4.39 Å². The number of halogens is 7. The Hall–Kier alpha value is -2.34. The molecule has 0 saturated heterocycles. The van der Waals surface area contributed by atoms with Gasteiger partial charge in [-0.2, -0.15) is 18.4 Å². The van der Waals surface area contributed by atoms with Crippen LogP contribution in [0.5, 0.6) is 0 Å². The molecule has 0 saturated carbocycles. The van der Waals surface area contributed by atoms with Crippen LogP contribution in [-0.2, 0) is 10.2 Å². The lowest BCUT2D eigenvalue weighted by Crippen LogP contribution is -2.51. The van der Waals surface area contributed by atoms with Crippen molar-refractivity contribution in [1.82, 2.24) is 0 Å². The molecule has 3 rings (SSSR count). The standard InChI is InChI=1S/C19H9Cl3F4N2O2/c20-11-4-10(5-12(21)15(11)22)18(19(24,25)26)7-28-16(14(18)17(29)30)8-1-2-13(23)9(3-8)6-27/h1-5,7,14,16H,(H,29,30). The van der Waals surface area contributed by atoms with Gasteiger partial charge in [-0.05, 0) is 35.4 Å². The van der Waals surface area contributed by atoms with Crippen LogP contribution in [0.2, 0.25) is 15.1 Å². The highest BCUT2D eigenvalue weighted by Crippen LogP contribution is 2.55. The lowest BCUT2D eigenvalue weighted by molar-refractivity contribution is -0.190. The Labute approximate surface area is 182 Å². The molecule has 1 N–H and O–H groups in total. The molecule has 3 atom stereocenters. The molecule has 0 fully saturated rings. The van der Waals surface area contributed by atoms with Crippen molar-refractivity contribution in [2.75, 3.05) is 0 Å². The smallest absolute Gasteiger partial charge is 0.404 e. The third kappa shape index (κ3) is 3.41. The monoisotopic (exact) mass is 478 g/mol. The van der Waals surface area contributed by atoms with Gasteiger partial charge in [-0.15, -0.1) is 0 Å². The molecule has 0 amide bonds. The maximum atomic E-state index is 14.4. The van der Waals surface area contributed by atoms with Gasteiger partial charge in [0.1, 0.15) is 23.2 Å². The third-order valence-corrected chi connectivity index (χ3v) is 6.09. The second-order valence-electron chi connectivity index (χ2n) is 6.51. The quantitative estimate of drug-likeness (QED) is 0.434. The fourth-order valence-electron chi connectivity index (χ4n) is 3.50. The molecule has 0 radical (unpaired) electrons. The SMILES string of the molecule is N#Cc1cc(C2N=CC(c3cc(Cl)c(Cl)c(Cl)c3)(C(F)(F)F)C2C(=O)O)ccc1F. The van der Waals surface area contributed by atoms with Crippen LogP contribution in [0, 0.1) is 23.1 Å². The topological polar surface area (TPSA) is 73.5 Å². The molecule has 0 spiro atoms. The van der Waals surface area contributed by atoms with Crippen LogP contribution >= 0.6 is 34.8 Å². The van der Waals surface area contributed by atoms with Crippen LogP contribution in [-0.4, -0.2) is 23.5 Å². The first-order chi connectivity index (χ1) is 13.9. The largest absolute Gasteiger partial charge is 0.481 e. The summed E-state index contributed by atoms with van der Waals surface area (Å²) in [5.74, 6) is -4.88. The number of carboxylic acid groups (broad SMARTS) is 1. The van der Waals surface area contributed by atoms with Crippen molar-refractivity contribution in [3.05, 3.63) is 67.9 Å². The Bertz CT molecular complexity index is 1090. The van der Waals surface area contributed by atoms with Crippen molar-refractivity contribution in [3.63, 3.8) is 0 Å². The van der Waals surface area contributed by atoms with Crippen LogP contribution in [0.25, 0.3) is 0 Å². The fraction of sp³-hybridized carbons (Fsp3) is 0.211. The molecule has 2 aromatic carbocycles. The van der Waals surface area contributed by atoms with E-state index in [0.717, 1.165) is 30.3 Å². The van der Waals surface area contributed by atoms with E-state index >= 15 is 0 Å². The number of nitriles is 1. The van der Waals surface area contributed by atoms with Crippen LogP contribution in [0.3, 0.4) is 0 Å². The predicted molar refractivity (Wildman–Crippen MR) is 103 cm³/mol. The molecule has 0 bridgehead atoms. The van der Waals surface area contributed by atoms with Gasteiger partial charge in [0, 0.05) is 6.21 Å². The van der Waals surface area contributed by atoms with Crippen molar-refractivity contribution >= 4 is 47.0 Å². The summed E-state index contributed by atoms with van der Waals surface area (Å²) in [6.07, 6.45) is -4.63. The summed E-state index contributed by atoms with van der Waals surface area (Å²) < 4.78 is 56.8. The van der Waals surface area contributed by atoms with Gasteiger partial charge in [0.25, 0.3) is 0 Å². The summed E-state index contributed by atoms with van der Waals surface area (Å²) in [5.41, 5.74) is -4.17. The molecule has 156 valence electrons. The van der Waals surface area contributed by atoms with Gasteiger partial charge in [0.05, 0.1) is 26.7 Å². The molecule has 0 aliphatic carbocycles. The van der Waals surface area contributed by atoms with Gasteiger partial charge in [0.2, 0.25) is 0 Å². The Balaban J connectivity index is 2.27. The van der Waals surface area contributed by atoms with E-state index in [2.05, 4.69) is 4.99 Å². The molecule has 1 aliphatic rings. The molecule has 1 aliphatic heterocycles. The van der Waals surface area contributed by atoms with Crippen LogP contribution in [0.15, 0.2) is 35.3 Å². The van der Waals surface area contributed by atoms with Gasteiger partial charge in [-0.1, -0.05) is 40.9 Å². The summed E-state index contributed by atoms with van der Waals surface area (Å²) in [5, 5.41) is 18.0. The van der Waals surface area contributed by atoms with Crippen molar-refractivity contribution in [2.24, 2.45) is 10.9 Å². The van der Waals surface area contributed by atoms with Crippen LogP contribution in [0.4, 0.5) is 17.6 Å². The zero-order valence-electron chi connectivity index (χ0n) is 14.5. The maximum Gasteiger partial charge on any atom is 0.404 e. The lowest BCUT2D eigenvalue weighted by atomic mass is 9.68. The zero-order chi connectivity index (χ0) is 22.4. The molecular formula is C19H9Cl3F4N2O2. The number of aliphatic imine (C=N–C) groups is 1. The first kappa shape index (κ1) is 22.3. The molecular weight excluding hydrogens is 471 g/mol. The summed E-state index contributed by atoms with van der Waals surface area (Å²) in [7, 11) is 0. The predicted octanol–water partition coefficient (Wildman–Crippen LogP) is 5.98. The van der Waals surface area contributed by atoms with Gasteiger partial charge < -0.3 is 5.11 Å². The molecule has 0 aromatic heterocycles. The fourth-order valence-corrected chi connectivity index (χ4v) is 4.09. The van der Waals surface area contributed by atoms with E-state index in [0.29, 0.717) is 6.21 Å². The number of benzene rings is 2. The highest BCUT2D eigenvalue weighted by atomic mass is 35.5. The van der Waals surface area contributed by atoms with Crippen molar-refractivity contribution < 1.29 is 27.5 Å². The average Bonchev–Trinajstić information content (AvgIpc) is 3.08. The first-order valence-corrected chi connectivity index (χ1v) is 9.26. The molecule has 30 heavy (non-hydrogen) atoms. The van der Waals surface area contributed by atoms with Crippen molar-refractivity contribution in [3.8, 4) is 6.07 Å². The number of alkyl halides is 3. The number of hydrogen-bond acceptors (Lipinski definition) is 3. The van der Waals surface area contributed by atoms with E-state index in [1.165, 1.54) is 0 Å². The first-order valence-electron chi connectivity index (χ1n) is 8.12. The zero-order valence-corrected chi connectivity index (χ0v) is 16.8. The van der Waals surface area contributed by atoms with Crippen molar-refractivity contribution in [1.29, 1.82) is 5.26 Å². The minimum Gasteiger partial charge on any atom is -0.481 e. The number of nitrogens with zero attached hydrogens (tertiary/aromatic N) is 2. The number of rotatable bonds is 3. The third-order valence-electron chi connectivity index (χ3n) is 4.89. The normalized spacial score (nSPS) is 23.4. The summed E-state index contributed by atoms with van der Waals surface area (Å²) in [4.78, 5) is 15.9. The highest BCUT2D eigenvalue weighted by molar-refractivity contribution is 6.48. The number of carboxylic acids is 1. The van der Waals surface area contributed by atoms with E-state index in [1.807, 2.05) is 0 Å². The highest BCUT2D eigenvalue weighted by Gasteiger charge is 2.66. The van der Waals surface area contributed by atoms with E-state index in [9.17, 15) is 27.5 Å². The van der Waals surface area contributed by atoms with E-state index in [-0.39, 0.29) is 20.6 Å². The van der Waals surface area contributed by atoms with Crippen molar-refractivity contribution in [2.45, 2.75) is 17.6 Å². The molecule has 4 nitrogen and oxygen atoms in total. The molecule has 1 heterocycles. The average molecular weight is 480 g/mol. The Morgan fingerprint density at radius 2 is 1.77 bits per heavy atom. The molecule has 11 heteroatoms. The number of carbonyl (C=O) groups is 1. The number of aliphatic carboxylic acids is 1.